The number of amides is 1. The minimum absolute atomic E-state index is 0.217. The first kappa shape index (κ1) is 16.3. The summed E-state index contributed by atoms with van der Waals surface area (Å²) in [7, 11) is 1.60. The van der Waals surface area contributed by atoms with Crippen LogP contribution in [0.5, 0.6) is 5.75 Å². The third-order valence-electron chi connectivity index (χ3n) is 3.73. The molecule has 1 saturated carbocycles. The molecule has 22 heavy (non-hydrogen) atoms. The first-order valence-corrected chi connectivity index (χ1v) is 7.89. The van der Waals surface area contributed by atoms with Gasteiger partial charge < -0.3 is 9.47 Å². The summed E-state index contributed by atoms with van der Waals surface area (Å²) in [5, 5.41) is 2.77. The highest BCUT2D eigenvalue weighted by Crippen LogP contribution is 2.20. The third-order valence-corrected chi connectivity index (χ3v) is 3.73. The molecular weight excluding hydrogens is 280 g/mol. The van der Waals surface area contributed by atoms with Crippen molar-refractivity contribution < 1.29 is 14.3 Å². The highest BCUT2D eigenvalue weighted by atomic mass is 16.5. The Morgan fingerprint density at radius 2 is 1.91 bits per heavy atom. The fraction of sp³-hybridized carbons (Fsp3) is 0.529. The molecule has 0 aromatic heterocycles. The molecule has 1 aliphatic rings. The number of carbonyl (C=O) groups excluding carboxylic acids is 1. The van der Waals surface area contributed by atoms with Crippen molar-refractivity contribution in [1.29, 1.82) is 0 Å². The lowest BCUT2D eigenvalue weighted by Gasteiger charge is -2.19. The number of rotatable bonds is 4. The van der Waals surface area contributed by atoms with Crippen molar-refractivity contribution in [3.05, 3.63) is 29.8 Å². The van der Waals surface area contributed by atoms with Gasteiger partial charge in [0, 0.05) is 5.56 Å². The summed E-state index contributed by atoms with van der Waals surface area (Å²) in [5.41, 5.74) is 0.553. The molecule has 1 aromatic rings. The van der Waals surface area contributed by atoms with E-state index in [4.69, 9.17) is 9.47 Å². The van der Waals surface area contributed by atoms with E-state index in [1.165, 1.54) is 19.3 Å². The van der Waals surface area contributed by atoms with E-state index in [9.17, 15) is 4.79 Å². The van der Waals surface area contributed by atoms with E-state index in [-0.39, 0.29) is 11.9 Å². The van der Waals surface area contributed by atoms with Crippen LogP contribution in [-0.4, -0.2) is 31.7 Å². The minimum atomic E-state index is -0.217. The Hall–Kier alpha value is -2.04. The van der Waals surface area contributed by atoms with Crippen LogP contribution in [0.25, 0.3) is 0 Å². The van der Waals surface area contributed by atoms with Gasteiger partial charge in [0.2, 0.25) is 0 Å². The van der Waals surface area contributed by atoms with Gasteiger partial charge >= 0.3 is 0 Å². The number of benzene rings is 1. The summed E-state index contributed by atoms with van der Waals surface area (Å²) in [6.07, 6.45) is 5.79. The van der Waals surface area contributed by atoms with E-state index in [1.54, 1.807) is 31.4 Å². The smallest absolute Gasteiger partial charge is 0.291 e. The van der Waals surface area contributed by atoms with Crippen LogP contribution in [0, 0.1) is 0 Å². The van der Waals surface area contributed by atoms with Gasteiger partial charge in [0.05, 0.1) is 19.8 Å². The maximum absolute atomic E-state index is 12.3. The number of methoxy groups -OCH3 is 1. The van der Waals surface area contributed by atoms with Crippen molar-refractivity contribution in [2.75, 3.05) is 13.7 Å². The molecule has 0 radical (unpaired) electrons. The van der Waals surface area contributed by atoms with Gasteiger partial charge in [-0.1, -0.05) is 19.3 Å². The Morgan fingerprint density at radius 3 is 2.50 bits per heavy atom. The van der Waals surface area contributed by atoms with Crippen LogP contribution < -0.4 is 10.1 Å². The standard InChI is InChI=1S/C17H24N2O3/c1-3-22-17(18-14-7-5-4-6-8-14)19-16(20)13-9-11-15(21-2)12-10-13/h9-12,14H,3-8H2,1-2H3,(H,18,19,20). The maximum atomic E-state index is 12.3. The highest BCUT2D eigenvalue weighted by Gasteiger charge is 2.16. The second-order valence-electron chi connectivity index (χ2n) is 5.34. The van der Waals surface area contributed by atoms with Crippen LogP contribution in [0.3, 0.4) is 0 Å². The molecule has 0 spiro atoms. The SMILES string of the molecule is CCOC(=NC1CCCCC1)NC(=O)c1ccc(OC)cc1. The zero-order valence-corrected chi connectivity index (χ0v) is 13.3. The van der Waals surface area contributed by atoms with Crippen LogP contribution in [0.1, 0.15) is 49.4 Å². The van der Waals surface area contributed by atoms with Crippen molar-refractivity contribution in [3.8, 4) is 5.75 Å². The second kappa shape index (κ2) is 8.41. The first-order chi connectivity index (χ1) is 10.7. The maximum Gasteiger partial charge on any atom is 0.291 e. The first-order valence-electron chi connectivity index (χ1n) is 7.89. The second-order valence-corrected chi connectivity index (χ2v) is 5.34. The molecule has 1 amide bonds. The Kier molecular flexibility index (Phi) is 6.25. The molecule has 1 N–H and O–H groups in total. The fourth-order valence-corrected chi connectivity index (χ4v) is 2.53. The average molecular weight is 304 g/mol. The van der Waals surface area contributed by atoms with Crippen molar-refractivity contribution in [2.24, 2.45) is 4.99 Å². The molecule has 0 unspecified atom stereocenters. The van der Waals surface area contributed by atoms with Crippen LogP contribution in [0.15, 0.2) is 29.3 Å². The van der Waals surface area contributed by atoms with Gasteiger partial charge in [0.15, 0.2) is 0 Å². The summed E-state index contributed by atoms with van der Waals surface area (Å²) in [6, 6.07) is 7.54. The summed E-state index contributed by atoms with van der Waals surface area (Å²) in [6.45, 7) is 2.37. The number of carbonyl (C=O) groups is 1. The summed E-state index contributed by atoms with van der Waals surface area (Å²) in [4.78, 5) is 16.8. The predicted octanol–water partition coefficient (Wildman–Crippen LogP) is 3.15. The Balaban J connectivity index is 2.02. The number of nitrogens with one attached hydrogen (secondary N) is 1. The molecule has 0 atom stereocenters. The molecule has 1 fully saturated rings. The lowest BCUT2D eigenvalue weighted by atomic mass is 9.96. The molecule has 5 heteroatoms. The topological polar surface area (TPSA) is 59.9 Å². The van der Waals surface area contributed by atoms with Crippen molar-refractivity contribution in [1.82, 2.24) is 5.32 Å². The van der Waals surface area contributed by atoms with Crippen molar-refractivity contribution in [2.45, 2.75) is 45.1 Å². The van der Waals surface area contributed by atoms with Gasteiger partial charge in [-0.2, -0.15) is 0 Å². The molecular formula is C17H24N2O3. The van der Waals surface area contributed by atoms with Crippen LogP contribution in [0.2, 0.25) is 0 Å². The van der Waals surface area contributed by atoms with Crippen LogP contribution in [-0.2, 0) is 4.74 Å². The molecule has 0 saturated heterocycles. The van der Waals surface area contributed by atoms with Gasteiger partial charge in [0.1, 0.15) is 5.75 Å². The van der Waals surface area contributed by atoms with Gasteiger partial charge in [-0.25, -0.2) is 4.99 Å². The van der Waals surface area contributed by atoms with Crippen LogP contribution >= 0.6 is 0 Å². The minimum Gasteiger partial charge on any atom is -0.497 e. The molecule has 1 aliphatic carbocycles. The lowest BCUT2D eigenvalue weighted by molar-refractivity contribution is 0.0966. The van der Waals surface area contributed by atoms with E-state index in [1.807, 2.05) is 6.92 Å². The molecule has 2 rings (SSSR count). The van der Waals surface area contributed by atoms with Gasteiger partial charge in [-0.3, -0.25) is 10.1 Å². The quantitative estimate of drug-likeness (QED) is 0.686. The van der Waals surface area contributed by atoms with E-state index in [0.717, 1.165) is 18.6 Å². The van der Waals surface area contributed by atoms with E-state index >= 15 is 0 Å². The molecule has 0 heterocycles. The van der Waals surface area contributed by atoms with Crippen molar-refractivity contribution in [3.63, 3.8) is 0 Å². The van der Waals surface area contributed by atoms with Gasteiger partial charge in [-0.15, -0.1) is 0 Å². The molecule has 0 bridgehead atoms. The monoisotopic (exact) mass is 304 g/mol. The average Bonchev–Trinajstić information content (AvgIpc) is 2.56. The highest BCUT2D eigenvalue weighted by molar-refractivity contribution is 6.04. The molecule has 5 nitrogen and oxygen atoms in total. The Morgan fingerprint density at radius 1 is 1.23 bits per heavy atom. The number of aliphatic imine (C=N–C) groups is 1. The zero-order valence-electron chi connectivity index (χ0n) is 13.3. The number of ether oxygens (including phenoxy) is 2. The Bertz CT molecular complexity index is 505. The predicted molar refractivity (Wildman–Crippen MR) is 86.4 cm³/mol. The lowest BCUT2D eigenvalue weighted by Crippen LogP contribution is -2.34. The van der Waals surface area contributed by atoms with Crippen LogP contribution in [0.4, 0.5) is 0 Å². The number of hydrogen-bond donors (Lipinski definition) is 1. The molecule has 120 valence electrons. The number of amidine groups is 1. The molecule has 1 aromatic carbocycles. The fourth-order valence-electron chi connectivity index (χ4n) is 2.53. The normalized spacial score (nSPS) is 16.2. The molecule has 0 aliphatic heterocycles. The van der Waals surface area contributed by atoms with E-state index in [2.05, 4.69) is 10.3 Å². The number of hydrogen-bond acceptors (Lipinski definition) is 4. The summed E-state index contributed by atoms with van der Waals surface area (Å²) >= 11 is 0. The summed E-state index contributed by atoms with van der Waals surface area (Å²) in [5.74, 6) is 0.503. The van der Waals surface area contributed by atoms with Gasteiger partial charge in [-0.05, 0) is 44.0 Å². The number of nitrogens with zero attached hydrogens (tertiary/aromatic N) is 1. The third kappa shape index (κ3) is 4.76. The van der Waals surface area contributed by atoms with Crippen molar-refractivity contribution >= 4 is 11.9 Å². The summed E-state index contributed by atoms with van der Waals surface area (Å²) < 4.78 is 10.6. The Labute approximate surface area is 131 Å². The van der Waals surface area contributed by atoms with Gasteiger partial charge in [0.25, 0.3) is 11.9 Å². The largest absolute Gasteiger partial charge is 0.497 e. The zero-order chi connectivity index (χ0) is 15.8. The van der Waals surface area contributed by atoms with E-state index < -0.39 is 0 Å². The van der Waals surface area contributed by atoms with E-state index in [0.29, 0.717) is 18.2 Å².